The molecular formula is C17H25NO. The Morgan fingerprint density at radius 3 is 2.74 bits per heavy atom. The molecular weight excluding hydrogens is 234 g/mol. The Hall–Kier alpha value is -0.860. The van der Waals surface area contributed by atoms with E-state index in [9.17, 15) is 0 Å². The van der Waals surface area contributed by atoms with Crippen molar-refractivity contribution in [1.82, 2.24) is 5.32 Å². The van der Waals surface area contributed by atoms with Crippen molar-refractivity contribution >= 4 is 0 Å². The second-order valence-corrected chi connectivity index (χ2v) is 6.12. The first-order chi connectivity index (χ1) is 9.34. The van der Waals surface area contributed by atoms with Gasteiger partial charge in [-0.25, -0.2) is 0 Å². The van der Waals surface area contributed by atoms with Crippen LogP contribution >= 0.6 is 0 Å². The van der Waals surface area contributed by atoms with E-state index in [1.165, 1.54) is 31.2 Å². The first kappa shape index (κ1) is 13.1. The number of rotatable bonds is 6. The molecule has 1 N–H and O–H groups in total. The summed E-state index contributed by atoms with van der Waals surface area (Å²) >= 11 is 0. The fraction of sp³-hybridized carbons (Fsp3) is 0.647. The highest BCUT2D eigenvalue weighted by molar-refractivity contribution is 5.18. The molecule has 0 bridgehead atoms. The molecule has 1 aliphatic carbocycles. The number of hydrogen-bond donors (Lipinski definition) is 1. The average Bonchev–Trinajstić information content (AvgIpc) is 3.19. The summed E-state index contributed by atoms with van der Waals surface area (Å²) in [6.07, 6.45) is 5.66. The molecule has 0 spiro atoms. The second kappa shape index (κ2) is 6.06. The highest BCUT2D eigenvalue weighted by Gasteiger charge is 2.40. The Balaban J connectivity index is 1.43. The standard InChI is InChI=1S/C17H25NO/c1-13(14-5-3-2-4-6-14)9-11-18-16-10-12-19-17(16)15-7-8-15/h2-6,13,15-18H,7-12H2,1H3. The Kier molecular flexibility index (Phi) is 4.19. The van der Waals surface area contributed by atoms with Gasteiger partial charge in [0, 0.05) is 12.6 Å². The summed E-state index contributed by atoms with van der Waals surface area (Å²) in [5.41, 5.74) is 1.45. The predicted octanol–water partition coefficient (Wildman–Crippen LogP) is 3.34. The zero-order valence-corrected chi connectivity index (χ0v) is 11.8. The molecule has 3 atom stereocenters. The molecule has 104 valence electrons. The van der Waals surface area contributed by atoms with Gasteiger partial charge in [-0.2, -0.15) is 0 Å². The lowest BCUT2D eigenvalue weighted by Gasteiger charge is -2.20. The van der Waals surface area contributed by atoms with E-state index in [2.05, 4.69) is 42.6 Å². The van der Waals surface area contributed by atoms with E-state index < -0.39 is 0 Å². The molecule has 1 saturated heterocycles. The summed E-state index contributed by atoms with van der Waals surface area (Å²) < 4.78 is 5.87. The van der Waals surface area contributed by atoms with E-state index in [4.69, 9.17) is 4.74 Å². The third-order valence-electron chi connectivity index (χ3n) is 4.57. The lowest BCUT2D eigenvalue weighted by Crippen LogP contribution is -2.38. The van der Waals surface area contributed by atoms with Crippen LogP contribution in [0.3, 0.4) is 0 Å². The van der Waals surface area contributed by atoms with Gasteiger partial charge in [-0.05, 0) is 49.6 Å². The van der Waals surface area contributed by atoms with Crippen LogP contribution in [0, 0.1) is 5.92 Å². The molecule has 0 amide bonds. The van der Waals surface area contributed by atoms with E-state index in [1.807, 2.05) is 0 Å². The minimum absolute atomic E-state index is 0.507. The average molecular weight is 259 g/mol. The van der Waals surface area contributed by atoms with Crippen LogP contribution in [-0.4, -0.2) is 25.3 Å². The van der Waals surface area contributed by atoms with Crippen LogP contribution in [0.2, 0.25) is 0 Å². The van der Waals surface area contributed by atoms with Gasteiger partial charge in [0.25, 0.3) is 0 Å². The molecule has 2 aliphatic rings. The van der Waals surface area contributed by atoms with Crippen LogP contribution < -0.4 is 5.32 Å². The van der Waals surface area contributed by atoms with Gasteiger partial charge in [-0.15, -0.1) is 0 Å². The smallest absolute Gasteiger partial charge is 0.0756 e. The molecule has 2 fully saturated rings. The van der Waals surface area contributed by atoms with E-state index in [0.717, 1.165) is 19.1 Å². The quantitative estimate of drug-likeness (QED) is 0.846. The summed E-state index contributed by atoms with van der Waals surface area (Å²) in [6, 6.07) is 11.4. The van der Waals surface area contributed by atoms with Crippen molar-refractivity contribution in [3.8, 4) is 0 Å². The summed E-state index contributed by atoms with van der Waals surface area (Å²) in [5, 5.41) is 3.73. The summed E-state index contributed by atoms with van der Waals surface area (Å²) in [5.74, 6) is 1.49. The van der Waals surface area contributed by atoms with Crippen LogP contribution in [0.25, 0.3) is 0 Å². The largest absolute Gasteiger partial charge is 0.376 e. The van der Waals surface area contributed by atoms with Crippen molar-refractivity contribution in [2.75, 3.05) is 13.2 Å². The third kappa shape index (κ3) is 3.37. The van der Waals surface area contributed by atoms with Crippen molar-refractivity contribution in [3.05, 3.63) is 35.9 Å². The van der Waals surface area contributed by atoms with Crippen molar-refractivity contribution in [3.63, 3.8) is 0 Å². The highest BCUT2D eigenvalue weighted by Crippen LogP contribution is 2.38. The van der Waals surface area contributed by atoms with Gasteiger partial charge in [0.1, 0.15) is 0 Å². The van der Waals surface area contributed by atoms with Gasteiger partial charge >= 0.3 is 0 Å². The van der Waals surface area contributed by atoms with Crippen molar-refractivity contribution in [1.29, 1.82) is 0 Å². The molecule has 3 unspecified atom stereocenters. The predicted molar refractivity (Wildman–Crippen MR) is 78.3 cm³/mol. The molecule has 1 aromatic carbocycles. The van der Waals surface area contributed by atoms with E-state index >= 15 is 0 Å². The first-order valence-electron chi connectivity index (χ1n) is 7.74. The van der Waals surface area contributed by atoms with Crippen LogP contribution in [0.15, 0.2) is 30.3 Å². The first-order valence-corrected chi connectivity index (χ1v) is 7.74. The van der Waals surface area contributed by atoms with Gasteiger partial charge in [0.15, 0.2) is 0 Å². The Morgan fingerprint density at radius 2 is 2.00 bits per heavy atom. The molecule has 2 nitrogen and oxygen atoms in total. The van der Waals surface area contributed by atoms with Crippen molar-refractivity contribution < 1.29 is 4.74 Å². The van der Waals surface area contributed by atoms with Crippen molar-refractivity contribution in [2.45, 2.75) is 50.7 Å². The summed E-state index contributed by atoms with van der Waals surface area (Å²) in [4.78, 5) is 0. The Bertz CT molecular complexity index is 388. The number of ether oxygens (including phenoxy) is 1. The molecule has 19 heavy (non-hydrogen) atoms. The fourth-order valence-electron chi connectivity index (χ4n) is 3.15. The van der Waals surface area contributed by atoms with E-state index in [-0.39, 0.29) is 0 Å². The number of hydrogen-bond acceptors (Lipinski definition) is 2. The molecule has 1 saturated carbocycles. The second-order valence-electron chi connectivity index (χ2n) is 6.12. The van der Waals surface area contributed by atoms with Crippen molar-refractivity contribution in [2.24, 2.45) is 5.92 Å². The molecule has 1 aromatic rings. The minimum atomic E-state index is 0.507. The SMILES string of the molecule is CC(CCNC1CCOC1C1CC1)c1ccccc1. The van der Waals surface area contributed by atoms with Gasteiger partial charge in [-0.3, -0.25) is 0 Å². The molecule has 3 rings (SSSR count). The highest BCUT2D eigenvalue weighted by atomic mass is 16.5. The number of benzene rings is 1. The maximum absolute atomic E-state index is 5.87. The van der Waals surface area contributed by atoms with Gasteiger partial charge in [-0.1, -0.05) is 37.3 Å². The Labute approximate surface area is 116 Å². The maximum atomic E-state index is 5.87. The minimum Gasteiger partial charge on any atom is -0.376 e. The van der Waals surface area contributed by atoms with E-state index in [0.29, 0.717) is 18.1 Å². The topological polar surface area (TPSA) is 21.3 Å². The molecule has 2 heteroatoms. The molecule has 0 aromatic heterocycles. The third-order valence-corrected chi connectivity index (χ3v) is 4.57. The van der Waals surface area contributed by atoms with Crippen LogP contribution in [-0.2, 0) is 4.74 Å². The van der Waals surface area contributed by atoms with Gasteiger partial charge in [0.2, 0.25) is 0 Å². The molecule has 1 aliphatic heterocycles. The summed E-state index contributed by atoms with van der Waals surface area (Å²) in [7, 11) is 0. The monoisotopic (exact) mass is 259 g/mol. The fourth-order valence-corrected chi connectivity index (χ4v) is 3.15. The van der Waals surface area contributed by atoms with Gasteiger partial charge < -0.3 is 10.1 Å². The van der Waals surface area contributed by atoms with Crippen LogP contribution in [0.4, 0.5) is 0 Å². The normalized spacial score (nSPS) is 28.5. The van der Waals surface area contributed by atoms with Crippen LogP contribution in [0.5, 0.6) is 0 Å². The van der Waals surface area contributed by atoms with E-state index in [1.54, 1.807) is 0 Å². The number of nitrogens with one attached hydrogen (secondary N) is 1. The maximum Gasteiger partial charge on any atom is 0.0756 e. The lowest BCUT2D eigenvalue weighted by atomic mass is 9.97. The molecule has 0 radical (unpaired) electrons. The van der Waals surface area contributed by atoms with Crippen LogP contribution in [0.1, 0.15) is 44.1 Å². The zero-order valence-electron chi connectivity index (χ0n) is 11.8. The Morgan fingerprint density at radius 1 is 1.21 bits per heavy atom. The molecule has 1 heterocycles. The lowest BCUT2D eigenvalue weighted by molar-refractivity contribution is 0.0811. The summed E-state index contributed by atoms with van der Waals surface area (Å²) in [6.45, 7) is 4.38. The zero-order chi connectivity index (χ0) is 13.1. The van der Waals surface area contributed by atoms with Gasteiger partial charge in [0.05, 0.1) is 6.10 Å².